The van der Waals surface area contributed by atoms with Crippen LogP contribution in [0, 0.1) is 0 Å². The van der Waals surface area contributed by atoms with Crippen LogP contribution in [0.4, 0.5) is 5.82 Å². The van der Waals surface area contributed by atoms with Gasteiger partial charge in [-0.05, 0) is 0 Å². The maximum Gasteiger partial charge on any atom is 0.169 e. The first-order chi connectivity index (χ1) is 8.89. The van der Waals surface area contributed by atoms with Crippen LogP contribution in [0.5, 0.6) is 0 Å². The number of thioether (sulfide) groups is 1. The lowest BCUT2D eigenvalue weighted by Gasteiger charge is -2.34. The van der Waals surface area contributed by atoms with Gasteiger partial charge in [0.25, 0.3) is 0 Å². The Labute approximate surface area is 121 Å². The number of anilines is 1. The van der Waals surface area contributed by atoms with Crippen molar-refractivity contribution in [2.24, 2.45) is 5.73 Å². The van der Waals surface area contributed by atoms with Crippen LogP contribution in [-0.2, 0) is 9.84 Å². The summed E-state index contributed by atoms with van der Waals surface area (Å²) in [4.78, 5) is 10.2. The Kier molecular flexibility index (Phi) is 4.26. The molecule has 1 saturated heterocycles. The minimum absolute atomic E-state index is 0.174. The summed E-state index contributed by atoms with van der Waals surface area (Å²) in [5.74, 6) is 1.94. The molecule has 104 valence electrons. The average molecular weight is 318 g/mol. The van der Waals surface area contributed by atoms with Gasteiger partial charge in [0.15, 0.2) is 9.84 Å². The van der Waals surface area contributed by atoms with Crippen molar-refractivity contribution < 1.29 is 8.42 Å². The Morgan fingerprint density at radius 3 is 2.79 bits per heavy atom. The minimum Gasteiger partial charge on any atom is -0.388 e. The highest BCUT2D eigenvalue weighted by Gasteiger charge is 2.31. The van der Waals surface area contributed by atoms with E-state index in [0.29, 0.717) is 23.8 Å². The monoisotopic (exact) mass is 318 g/mol. The van der Waals surface area contributed by atoms with Gasteiger partial charge in [0.2, 0.25) is 0 Å². The number of hydrogen-bond donors (Lipinski definition) is 1. The SMILES string of the molecule is CS(=O)(=O)C1CSCCN1c1cnc(C(N)=S)cn1. The van der Waals surface area contributed by atoms with Crippen LogP contribution in [0.1, 0.15) is 5.69 Å². The van der Waals surface area contributed by atoms with E-state index < -0.39 is 15.2 Å². The second-order valence-corrected chi connectivity index (χ2v) is 7.97. The van der Waals surface area contributed by atoms with Crippen molar-refractivity contribution in [3.8, 4) is 0 Å². The summed E-state index contributed by atoms with van der Waals surface area (Å²) in [6.45, 7) is 0.628. The molecule has 1 aliphatic heterocycles. The maximum atomic E-state index is 11.8. The lowest BCUT2D eigenvalue weighted by atomic mass is 10.4. The van der Waals surface area contributed by atoms with Crippen molar-refractivity contribution in [1.29, 1.82) is 0 Å². The summed E-state index contributed by atoms with van der Waals surface area (Å²) in [6, 6.07) is 0. The lowest BCUT2D eigenvalue weighted by Crippen LogP contribution is -2.47. The zero-order chi connectivity index (χ0) is 14.0. The topological polar surface area (TPSA) is 89.2 Å². The van der Waals surface area contributed by atoms with Gasteiger partial charge in [-0.3, -0.25) is 0 Å². The molecule has 0 spiro atoms. The molecule has 1 unspecified atom stereocenters. The Bertz CT molecular complexity index is 573. The molecule has 0 saturated carbocycles. The van der Waals surface area contributed by atoms with Crippen LogP contribution in [0.15, 0.2) is 12.4 Å². The second-order valence-electron chi connectivity index (χ2n) is 4.18. The molecule has 0 amide bonds. The number of hydrogen-bond acceptors (Lipinski definition) is 7. The first-order valence-corrected chi connectivity index (χ1v) is 9.06. The zero-order valence-corrected chi connectivity index (χ0v) is 12.8. The van der Waals surface area contributed by atoms with E-state index in [0.717, 1.165) is 5.75 Å². The van der Waals surface area contributed by atoms with Crippen molar-refractivity contribution in [1.82, 2.24) is 9.97 Å². The summed E-state index contributed by atoms with van der Waals surface area (Å²) in [5.41, 5.74) is 5.89. The van der Waals surface area contributed by atoms with Gasteiger partial charge in [0, 0.05) is 24.3 Å². The maximum absolute atomic E-state index is 11.8. The molecule has 6 nitrogen and oxygen atoms in total. The second kappa shape index (κ2) is 5.59. The third-order valence-corrected chi connectivity index (χ3v) is 5.62. The molecule has 2 N–H and O–H groups in total. The average Bonchev–Trinajstić information content (AvgIpc) is 2.38. The summed E-state index contributed by atoms with van der Waals surface area (Å²) >= 11 is 6.43. The molecule has 9 heteroatoms. The molecule has 1 aliphatic rings. The molecule has 2 rings (SSSR count). The van der Waals surface area contributed by atoms with E-state index in [4.69, 9.17) is 18.0 Å². The molecule has 1 aromatic rings. The number of thiocarbonyl (C=S) groups is 1. The normalized spacial score (nSPS) is 20.3. The van der Waals surface area contributed by atoms with Crippen LogP contribution in [0.2, 0.25) is 0 Å². The van der Waals surface area contributed by atoms with E-state index in [1.807, 2.05) is 0 Å². The highest BCUT2D eigenvalue weighted by molar-refractivity contribution is 8.01. The molecule has 1 atom stereocenters. The van der Waals surface area contributed by atoms with E-state index in [9.17, 15) is 8.42 Å². The number of nitrogens with two attached hydrogens (primary N) is 1. The fourth-order valence-electron chi connectivity index (χ4n) is 1.79. The van der Waals surface area contributed by atoms with Gasteiger partial charge in [-0.25, -0.2) is 18.4 Å². The summed E-state index contributed by atoms with van der Waals surface area (Å²) in [6.07, 6.45) is 4.23. The van der Waals surface area contributed by atoms with Crippen molar-refractivity contribution in [3.63, 3.8) is 0 Å². The van der Waals surface area contributed by atoms with Crippen molar-refractivity contribution in [2.45, 2.75) is 5.37 Å². The van der Waals surface area contributed by atoms with Gasteiger partial charge >= 0.3 is 0 Å². The molecule has 19 heavy (non-hydrogen) atoms. The number of sulfone groups is 1. The smallest absolute Gasteiger partial charge is 0.169 e. The first kappa shape index (κ1) is 14.5. The summed E-state index contributed by atoms with van der Waals surface area (Å²) < 4.78 is 23.6. The summed E-state index contributed by atoms with van der Waals surface area (Å²) in [5, 5.41) is -0.559. The molecule has 0 aliphatic carbocycles. The quantitative estimate of drug-likeness (QED) is 0.781. The van der Waals surface area contributed by atoms with Gasteiger partial charge in [-0.15, -0.1) is 0 Å². The van der Waals surface area contributed by atoms with Gasteiger partial charge in [-0.1, -0.05) is 12.2 Å². The summed E-state index contributed by atoms with van der Waals surface area (Å²) in [7, 11) is -3.16. The predicted octanol–water partition coefficient (Wildman–Crippen LogP) is 0.0347. The molecule has 1 aromatic heterocycles. The number of aromatic nitrogens is 2. The third-order valence-electron chi connectivity index (χ3n) is 2.76. The Morgan fingerprint density at radius 1 is 1.53 bits per heavy atom. The molecular formula is C10H14N4O2S3. The fourth-order valence-corrected chi connectivity index (χ4v) is 4.73. The van der Waals surface area contributed by atoms with Crippen LogP contribution in [0.3, 0.4) is 0 Å². The highest BCUT2D eigenvalue weighted by atomic mass is 32.2. The van der Waals surface area contributed by atoms with E-state index in [1.54, 1.807) is 16.7 Å². The van der Waals surface area contributed by atoms with E-state index >= 15 is 0 Å². The van der Waals surface area contributed by atoms with Crippen molar-refractivity contribution in [2.75, 3.05) is 29.2 Å². The zero-order valence-electron chi connectivity index (χ0n) is 10.3. The van der Waals surface area contributed by atoms with Crippen LogP contribution in [0.25, 0.3) is 0 Å². The van der Waals surface area contributed by atoms with E-state index in [-0.39, 0.29) is 4.99 Å². The Balaban J connectivity index is 2.30. The van der Waals surface area contributed by atoms with Gasteiger partial charge in [0.1, 0.15) is 21.9 Å². The molecule has 0 radical (unpaired) electrons. The number of rotatable bonds is 3. The van der Waals surface area contributed by atoms with Crippen molar-refractivity contribution in [3.05, 3.63) is 18.1 Å². The molecule has 2 heterocycles. The highest BCUT2D eigenvalue weighted by Crippen LogP contribution is 2.24. The van der Waals surface area contributed by atoms with Crippen molar-refractivity contribution >= 4 is 44.6 Å². The lowest BCUT2D eigenvalue weighted by molar-refractivity contribution is 0.583. The molecule has 0 bridgehead atoms. The van der Waals surface area contributed by atoms with Gasteiger partial charge in [-0.2, -0.15) is 11.8 Å². The Morgan fingerprint density at radius 2 is 2.26 bits per heavy atom. The minimum atomic E-state index is -3.16. The fraction of sp³-hybridized carbons (Fsp3) is 0.500. The molecular weight excluding hydrogens is 304 g/mol. The molecule has 1 fully saturated rings. The molecule has 0 aromatic carbocycles. The van der Waals surface area contributed by atoms with Gasteiger partial charge < -0.3 is 10.6 Å². The Hall–Kier alpha value is -0.930. The van der Waals surface area contributed by atoms with Crippen LogP contribution >= 0.6 is 24.0 Å². The van der Waals surface area contributed by atoms with Crippen LogP contribution < -0.4 is 10.6 Å². The van der Waals surface area contributed by atoms with Crippen LogP contribution in [-0.4, -0.2) is 53.1 Å². The third kappa shape index (κ3) is 3.34. The van der Waals surface area contributed by atoms with E-state index in [2.05, 4.69) is 9.97 Å². The first-order valence-electron chi connectivity index (χ1n) is 5.54. The predicted molar refractivity (Wildman–Crippen MR) is 81.2 cm³/mol. The van der Waals surface area contributed by atoms with E-state index in [1.165, 1.54) is 18.6 Å². The number of nitrogens with zero attached hydrogens (tertiary/aromatic N) is 3. The largest absolute Gasteiger partial charge is 0.388 e. The standard InChI is InChI=1S/C10H14N4O2S3/c1-19(15,16)9-6-18-3-2-14(9)8-5-12-7(4-13-8)10(11)17/h4-5,9H,2-3,6H2,1H3,(H2,11,17). The van der Waals surface area contributed by atoms with Gasteiger partial charge in [0.05, 0.1) is 12.4 Å².